The van der Waals surface area contributed by atoms with E-state index >= 15 is 0 Å². The Bertz CT molecular complexity index is 594. The zero-order valence-electron chi connectivity index (χ0n) is 13.0. The maximum Gasteiger partial charge on any atom is 0.228 e. The first-order chi connectivity index (χ1) is 10.7. The van der Waals surface area contributed by atoms with Crippen LogP contribution in [0.1, 0.15) is 30.5 Å². The molecule has 4 nitrogen and oxygen atoms in total. The van der Waals surface area contributed by atoms with Crippen LogP contribution < -0.4 is 0 Å². The standard InChI is InChI=1S/C18H23N3O/c1-21(18(22)13-16-10-11-19-20-16)17-9-5-8-15(17)12-14-6-3-2-4-7-14/h2-4,6-7,10-11,15,17H,5,8-9,12-13H2,1H3,(H,19,20)/t15-,17+/m0/s1. The van der Waals surface area contributed by atoms with Crippen molar-refractivity contribution in [3.63, 3.8) is 0 Å². The van der Waals surface area contributed by atoms with Crippen LogP contribution in [0.15, 0.2) is 42.6 Å². The number of likely N-dealkylation sites (N-methyl/N-ethyl adjacent to an activating group) is 1. The molecule has 1 aromatic heterocycles. The summed E-state index contributed by atoms with van der Waals surface area (Å²) in [4.78, 5) is 14.4. The molecule has 1 aromatic carbocycles. The number of nitrogens with one attached hydrogen (secondary N) is 1. The van der Waals surface area contributed by atoms with Crippen molar-refractivity contribution in [2.45, 2.75) is 38.1 Å². The van der Waals surface area contributed by atoms with Crippen LogP contribution in [0.5, 0.6) is 0 Å². The summed E-state index contributed by atoms with van der Waals surface area (Å²) in [6.07, 6.45) is 6.70. The minimum atomic E-state index is 0.175. The topological polar surface area (TPSA) is 49.0 Å². The molecule has 4 heteroatoms. The lowest BCUT2D eigenvalue weighted by Gasteiger charge is -2.30. The van der Waals surface area contributed by atoms with Gasteiger partial charge < -0.3 is 4.90 Å². The molecule has 0 radical (unpaired) electrons. The summed E-state index contributed by atoms with van der Waals surface area (Å²) in [6.45, 7) is 0. The van der Waals surface area contributed by atoms with Gasteiger partial charge in [-0.05, 0) is 36.8 Å². The Morgan fingerprint density at radius 3 is 2.82 bits per heavy atom. The van der Waals surface area contributed by atoms with Gasteiger partial charge in [-0.25, -0.2) is 0 Å². The summed E-state index contributed by atoms with van der Waals surface area (Å²) in [5.41, 5.74) is 2.25. The van der Waals surface area contributed by atoms with Gasteiger partial charge in [0.15, 0.2) is 0 Å². The van der Waals surface area contributed by atoms with Crippen molar-refractivity contribution in [1.29, 1.82) is 0 Å². The van der Waals surface area contributed by atoms with Gasteiger partial charge in [-0.2, -0.15) is 5.10 Å². The monoisotopic (exact) mass is 297 g/mol. The first kappa shape index (κ1) is 14.8. The van der Waals surface area contributed by atoms with Crippen LogP contribution in [-0.4, -0.2) is 34.1 Å². The average Bonchev–Trinajstić information content (AvgIpc) is 3.19. The number of nitrogens with zero attached hydrogens (tertiary/aromatic N) is 2. The Labute approximate surface area is 131 Å². The Kier molecular flexibility index (Phi) is 4.56. The second kappa shape index (κ2) is 6.77. The van der Waals surface area contributed by atoms with Gasteiger partial charge in [-0.15, -0.1) is 0 Å². The molecule has 1 amide bonds. The van der Waals surface area contributed by atoms with Crippen molar-refractivity contribution in [3.05, 3.63) is 53.9 Å². The van der Waals surface area contributed by atoms with E-state index in [9.17, 15) is 4.79 Å². The summed E-state index contributed by atoms with van der Waals surface area (Å²) in [5, 5.41) is 6.77. The van der Waals surface area contributed by atoms with Gasteiger partial charge in [-0.1, -0.05) is 36.8 Å². The van der Waals surface area contributed by atoms with Crippen LogP contribution >= 0.6 is 0 Å². The SMILES string of the molecule is CN(C(=O)Cc1ccn[nH]1)[C@@H]1CCC[C@H]1Cc1ccccc1. The smallest absolute Gasteiger partial charge is 0.228 e. The quantitative estimate of drug-likeness (QED) is 0.922. The molecule has 3 rings (SSSR count). The highest BCUT2D eigenvalue weighted by molar-refractivity contribution is 5.78. The van der Waals surface area contributed by atoms with Crippen LogP contribution in [0.3, 0.4) is 0 Å². The molecular weight excluding hydrogens is 274 g/mol. The minimum Gasteiger partial charge on any atom is -0.342 e. The van der Waals surface area contributed by atoms with Crippen LogP contribution in [0.2, 0.25) is 0 Å². The maximum atomic E-state index is 12.5. The molecule has 0 bridgehead atoms. The van der Waals surface area contributed by atoms with Crippen molar-refractivity contribution in [2.24, 2.45) is 5.92 Å². The maximum absolute atomic E-state index is 12.5. The summed E-state index contributed by atoms with van der Waals surface area (Å²) in [7, 11) is 1.95. The lowest BCUT2D eigenvalue weighted by molar-refractivity contribution is -0.132. The van der Waals surface area contributed by atoms with Gasteiger partial charge >= 0.3 is 0 Å². The van der Waals surface area contributed by atoms with Crippen LogP contribution in [0.25, 0.3) is 0 Å². The van der Waals surface area contributed by atoms with E-state index in [4.69, 9.17) is 0 Å². The number of aromatic nitrogens is 2. The fraction of sp³-hybridized carbons (Fsp3) is 0.444. The largest absolute Gasteiger partial charge is 0.342 e. The minimum absolute atomic E-state index is 0.175. The molecule has 2 atom stereocenters. The summed E-state index contributed by atoms with van der Waals surface area (Å²) in [6, 6.07) is 12.8. The van der Waals surface area contributed by atoms with Crippen molar-refractivity contribution in [1.82, 2.24) is 15.1 Å². The molecular formula is C18H23N3O. The first-order valence-electron chi connectivity index (χ1n) is 8.02. The van der Waals surface area contributed by atoms with Gasteiger partial charge in [0.2, 0.25) is 5.91 Å². The van der Waals surface area contributed by atoms with Crippen molar-refractivity contribution in [3.8, 4) is 0 Å². The molecule has 1 heterocycles. The summed E-state index contributed by atoms with van der Waals surface area (Å²) in [5.74, 6) is 0.743. The predicted octanol–water partition coefficient (Wildman–Crippen LogP) is 2.82. The van der Waals surface area contributed by atoms with Crippen molar-refractivity contribution in [2.75, 3.05) is 7.05 Å². The number of benzene rings is 1. The predicted molar refractivity (Wildman–Crippen MR) is 86.3 cm³/mol. The highest BCUT2D eigenvalue weighted by Gasteiger charge is 2.32. The summed E-state index contributed by atoms with van der Waals surface area (Å²) >= 11 is 0. The van der Waals surface area contributed by atoms with Gasteiger partial charge in [0.25, 0.3) is 0 Å². The van der Waals surface area contributed by atoms with Gasteiger partial charge in [-0.3, -0.25) is 9.89 Å². The number of hydrogen-bond donors (Lipinski definition) is 1. The molecule has 1 fully saturated rings. The zero-order chi connectivity index (χ0) is 15.4. The van der Waals surface area contributed by atoms with Crippen LogP contribution in [0, 0.1) is 5.92 Å². The van der Waals surface area contributed by atoms with Crippen molar-refractivity contribution >= 4 is 5.91 Å². The number of aromatic amines is 1. The summed E-state index contributed by atoms with van der Waals surface area (Å²) < 4.78 is 0. The van der Waals surface area contributed by atoms with Crippen LogP contribution in [0.4, 0.5) is 0 Å². The highest BCUT2D eigenvalue weighted by atomic mass is 16.2. The molecule has 1 aliphatic carbocycles. The Balaban J connectivity index is 1.63. The molecule has 2 aromatic rings. The second-order valence-electron chi connectivity index (χ2n) is 6.21. The third-order valence-corrected chi connectivity index (χ3v) is 4.75. The average molecular weight is 297 g/mol. The molecule has 116 valence electrons. The number of amides is 1. The fourth-order valence-corrected chi connectivity index (χ4v) is 3.54. The number of hydrogen-bond acceptors (Lipinski definition) is 2. The normalized spacial score (nSPS) is 21.0. The van der Waals surface area contributed by atoms with E-state index in [0.29, 0.717) is 18.4 Å². The van der Waals surface area contributed by atoms with E-state index in [2.05, 4.69) is 40.5 Å². The number of rotatable bonds is 5. The van der Waals surface area contributed by atoms with Gasteiger partial charge in [0, 0.05) is 25.0 Å². The van der Waals surface area contributed by atoms with Gasteiger partial charge in [0.05, 0.1) is 6.42 Å². The van der Waals surface area contributed by atoms with Crippen LogP contribution in [-0.2, 0) is 17.6 Å². The van der Waals surface area contributed by atoms with E-state index in [1.54, 1.807) is 6.20 Å². The molecule has 22 heavy (non-hydrogen) atoms. The molecule has 0 saturated heterocycles. The molecule has 0 aliphatic heterocycles. The lowest BCUT2D eigenvalue weighted by Crippen LogP contribution is -2.40. The number of carbonyl (C=O) groups is 1. The fourth-order valence-electron chi connectivity index (χ4n) is 3.54. The molecule has 1 saturated carbocycles. The van der Waals surface area contributed by atoms with E-state index in [1.807, 2.05) is 18.0 Å². The molecule has 1 N–H and O–H groups in total. The molecule has 0 unspecified atom stereocenters. The second-order valence-corrected chi connectivity index (χ2v) is 6.21. The van der Waals surface area contributed by atoms with Crippen molar-refractivity contribution < 1.29 is 4.79 Å². The van der Waals surface area contributed by atoms with E-state index < -0.39 is 0 Å². The molecule has 0 spiro atoms. The Hall–Kier alpha value is -2.10. The van der Waals surface area contributed by atoms with E-state index in [-0.39, 0.29) is 5.91 Å². The highest BCUT2D eigenvalue weighted by Crippen LogP contribution is 2.32. The zero-order valence-corrected chi connectivity index (χ0v) is 13.0. The van der Waals surface area contributed by atoms with E-state index in [1.165, 1.54) is 18.4 Å². The Morgan fingerprint density at radius 2 is 2.09 bits per heavy atom. The number of H-pyrrole nitrogens is 1. The third kappa shape index (κ3) is 3.38. The molecule has 1 aliphatic rings. The lowest BCUT2D eigenvalue weighted by atomic mass is 9.93. The number of carbonyl (C=O) groups excluding carboxylic acids is 1. The first-order valence-corrected chi connectivity index (χ1v) is 8.02. The third-order valence-electron chi connectivity index (χ3n) is 4.75. The Morgan fingerprint density at radius 1 is 1.27 bits per heavy atom. The van der Waals surface area contributed by atoms with E-state index in [0.717, 1.165) is 18.5 Å². The van der Waals surface area contributed by atoms with Gasteiger partial charge in [0.1, 0.15) is 0 Å².